The third-order valence-electron chi connectivity index (χ3n) is 3.28. The van der Waals surface area contributed by atoms with Crippen molar-refractivity contribution in [3.63, 3.8) is 0 Å². The van der Waals surface area contributed by atoms with Gasteiger partial charge in [-0.3, -0.25) is 4.90 Å². The quantitative estimate of drug-likeness (QED) is 0.744. The summed E-state index contributed by atoms with van der Waals surface area (Å²) in [6, 6.07) is 5.85. The summed E-state index contributed by atoms with van der Waals surface area (Å²) in [5.41, 5.74) is 2.02. The van der Waals surface area contributed by atoms with Crippen LogP contribution < -0.4 is 4.90 Å². The van der Waals surface area contributed by atoms with Crippen LogP contribution >= 0.6 is 27.5 Å². The van der Waals surface area contributed by atoms with Crippen LogP contribution in [0.5, 0.6) is 0 Å². The molecule has 0 spiro atoms. The molecule has 1 aromatic carbocycles. The van der Waals surface area contributed by atoms with Gasteiger partial charge in [0.05, 0.1) is 12.2 Å². The van der Waals surface area contributed by atoms with Gasteiger partial charge in [-0.1, -0.05) is 6.07 Å². The van der Waals surface area contributed by atoms with E-state index >= 15 is 0 Å². The van der Waals surface area contributed by atoms with Crippen molar-refractivity contribution in [2.75, 3.05) is 37.6 Å². The number of benzene rings is 1. The van der Waals surface area contributed by atoms with E-state index in [9.17, 15) is 13.2 Å². The second kappa shape index (κ2) is 6.54. The van der Waals surface area contributed by atoms with Crippen molar-refractivity contribution in [2.24, 2.45) is 0 Å². The van der Waals surface area contributed by atoms with Gasteiger partial charge in [0, 0.05) is 36.5 Å². The molecule has 0 amide bonds. The number of hydrogen-bond donors (Lipinski definition) is 0. The third-order valence-corrected chi connectivity index (χ3v) is 4.23. The second-order valence-corrected chi connectivity index (χ2v) is 5.92. The van der Waals surface area contributed by atoms with Crippen molar-refractivity contribution in [3.05, 3.63) is 28.2 Å². The summed E-state index contributed by atoms with van der Waals surface area (Å²) in [5, 5.41) is 0. The summed E-state index contributed by atoms with van der Waals surface area (Å²) in [5.74, 6) is 0.443. The highest BCUT2D eigenvalue weighted by Gasteiger charge is 2.32. The molecule has 1 aromatic rings. The molecule has 0 N–H and O–H groups in total. The zero-order chi connectivity index (χ0) is 14.8. The molecule has 112 valence electrons. The molecule has 1 heterocycles. The van der Waals surface area contributed by atoms with Crippen molar-refractivity contribution in [1.29, 1.82) is 0 Å². The Kier molecular flexibility index (Phi) is 5.20. The number of halogens is 5. The number of hydrogen-bond acceptors (Lipinski definition) is 2. The Morgan fingerprint density at radius 1 is 1.15 bits per heavy atom. The van der Waals surface area contributed by atoms with Gasteiger partial charge in [0.15, 0.2) is 0 Å². The van der Waals surface area contributed by atoms with E-state index in [4.69, 9.17) is 11.6 Å². The number of rotatable bonds is 3. The number of anilines is 1. The Hall–Kier alpha value is -0.460. The van der Waals surface area contributed by atoms with Crippen molar-refractivity contribution in [2.45, 2.75) is 12.1 Å². The number of alkyl halides is 4. The first-order valence-electron chi connectivity index (χ1n) is 6.27. The molecule has 1 aliphatic rings. The predicted octanol–water partition coefficient (Wildman–Crippen LogP) is 3.87. The molecule has 2 nitrogen and oxygen atoms in total. The van der Waals surface area contributed by atoms with Crippen LogP contribution in [-0.2, 0) is 5.88 Å². The normalized spacial score (nSPS) is 17.6. The van der Waals surface area contributed by atoms with Crippen molar-refractivity contribution in [1.82, 2.24) is 4.90 Å². The van der Waals surface area contributed by atoms with E-state index in [2.05, 4.69) is 20.8 Å². The average molecular weight is 372 g/mol. The SMILES string of the molecule is FC(F)(F)CN1CCN(c2ccc(CCl)cc2Br)CC1. The van der Waals surface area contributed by atoms with Gasteiger partial charge in [0.2, 0.25) is 0 Å². The molecular formula is C13H15BrClF3N2. The van der Waals surface area contributed by atoms with Crippen LogP contribution in [0.15, 0.2) is 22.7 Å². The predicted molar refractivity (Wildman–Crippen MR) is 78.4 cm³/mol. The maximum Gasteiger partial charge on any atom is 0.401 e. The lowest BCUT2D eigenvalue weighted by Gasteiger charge is -2.36. The van der Waals surface area contributed by atoms with E-state index in [0.29, 0.717) is 32.1 Å². The van der Waals surface area contributed by atoms with Crippen LogP contribution in [0.25, 0.3) is 0 Å². The molecule has 1 saturated heterocycles. The minimum absolute atomic E-state index is 0.420. The summed E-state index contributed by atoms with van der Waals surface area (Å²) >= 11 is 9.26. The highest BCUT2D eigenvalue weighted by atomic mass is 79.9. The Morgan fingerprint density at radius 3 is 2.30 bits per heavy atom. The van der Waals surface area contributed by atoms with Crippen LogP contribution in [0.2, 0.25) is 0 Å². The minimum atomic E-state index is -4.12. The number of nitrogens with zero attached hydrogens (tertiary/aromatic N) is 2. The maximum atomic E-state index is 12.3. The van der Waals surface area contributed by atoms with Crippen molar-refractivity contribution >= 4 is 33.2 Å². The fraction of sp³-hybridized carbons (Fsp3) is 0.538. The lowest BCUT2D eigenvalue weighted by atomic mass is 10.2. The molecule has 0 saturated carbocycles. The average Bonchev–Trinajstić information content (AvgIpc) is 2.38. The molecule has 1 aliphatic heterocycles. The van der Waals surface area contributed by atoms with E-state index in [1.54, 1.807) is 0 Å². The molecule has 2 rings (SSSR count). The van der Waals surface area contributed by atoms with Crippen LogP contribution in [-0.4, -0.2) is 43.8 Å². The highest BCUT2D eigenvalue weighted by molar-refractivity contribution is 9.10. The van der Waals surface area contributed by atoms with Crippen molar-refractivity contribution in [3.8, 4) is 0 Å². The van der Waals surface area contributed by atoms with Crippen LogP contribution in [0.4, 0.5) is 18.9 Å². The van der Waals surface area contributed by atoms with Gasteiger partial charge in [-0.05, 0) is 33.6 Å². The van der Waals surface area contributed by atoms with E-state index in [1.165, 1.54) is 4.90 Å². The largest absolute Gasteiger partial charge is 0.401 e. The molecule has 0 radical (unpaired) electrons. The lowest BCUT2D eigenvalue weighted by Crippen LogP contribution is -2.49. The molecule has 20 heavy (non-hydrogen) atoms. The van der Waals surface area contributed by atoms with Gasteiger partial charge in [0.25, 0.3) is 0 Å². The van der Waals surface area contributed by atoms with Gasteiger partial charge in [0.1, 0.15) is 0 Å². The first-order chi connectivity index (χ1) is 9.39. The van der Waals surface area contributed by atoms with Crippen LogP contribution in [0, 0.1) is 0 Å². The highest BCUT2D eigenvalue weighted by Crippen LogP contribution is 2.29. The van der Waals surface area contributed by atoms with Gasteiger partial charge < -0.3 is 4.90 Å². The van der Waals surface area contributed by atoms with E-state index in [0.717, 1.165) is 15.7 Å². The molecule has 0 aliphatic carbocycles. The van der Waals surface area contributed by atoms with Gasteiger partial charge >= 0.3 is 6.18 Å². The smallest absolute Gasteiger partial charge is 0.368 e. The Balaban J connectivity index is 1.97. The first kappa shape index (κ1) is 15.9. The zero-order valence-electron chi connectivity index (χ0n) is 10.8. The summed E-state index contributed by atoms with van der Waals surface area (Å²) in [7, 11) is 0. The molecule has 0 atom stereocenters. The molecule has 0 unspecified atom stereocenters. The number of piperazine rings is 1. The fourth-order valence-electron chi connectivity index (χ4n) is 2.29. The summed E-state index contributed by atoms with van der Waals surface area (Å²) in [4.78, 5) is 3.53. The molecule has 1 fully saturated rings. The van der Waals surface area contributed by atoms with Gasteiger partial charge in [-0.25, -0.2) is 0 Å². The summed E-state index contributed by atoms with van der Waals surface area (Å²) in [6.07, 6.45) is -4.12. The summed E-state index contributed by atoms with van der Waals surface area (Å²) < 4.78 is 37.9. The third kappa shape index (κ3) is 4.27. The Morgan fingerprint density at radius 2 is 1.80 bits per heavy atom. The lowest BCUT2D eigenvalue weighted by molar-refractivity contribution is -0.146. The molecular weight excluding hydrogens is 357 g/mol. The second-order valence-electron chi connectivity index (χ2n) is 4.80. The Bertz CT molecular complexity index is 459. The molecule has 0 aromatic heterocycles. The van der Waals surface area contributed by atoms with Gasteiger partial charge in [-0.15, -0.1) is 11.6 Å². The molecule has 0 bridgehead atoms. The Labute approximate surface area is 129 Å². The minimum Gasteiger partial charge on any atom is -0.368 e. The maximum absolute atomic E-state index is 12.3. The van der Waals surface area contributed by atoms with Crippen LogP contribution in [0.3, 0.4) is 0 Å². The fourth-order valence-corrected chi connectivity index (χ4v) is 3.13. The van der Waals surface area contributed by atoms with E-state index < -0.39 is 12.7 Å². The van der Waals surface area contributed by atoms with Gasteiger partial charge in [-0.2, -0.15) is 13.2 Å². The van der Waals surface area contributed by atoms with Crippen LogP contribution in [0.1, 0.15) is 5.56 Å². The molecule has 7 heteroatoms. The van der Waals surface area contributed by atoms with Crippen molar-refractivity contribution < 1.29 is 13.2 Å². The monoisotopic (exact) mass is 370 g/mol. The van der Waals surface area contributed by atoms with E-state index in [-0.39, 0.29) is 0 Å². The summed E-state index contributed by atoms with van der Waals surface area (Å²) in [6.45, 7) is 1.20. The topological polar surface area (TPSA) is 6.48 Å². The first-order valence-corrected chi connectivity index (χ1v) is 7.60. The zero-order valence-corrected chi connectivity index (χ0v) is 13.1. The standard InChI is InChI=1S/C13H15BrClF3N2/c14-11-7-10(8-15)1-2-12(11)20-5-3-19(4-6-20)9-13(16,17)18/h1-2,7H,3-6,8-9H2. The van der Waals surface area contributed by atoms with E-state index in [1.807, 2.05) is 18.2 Å².